The van der Waals surface area contributed by atoms with E-state index in [0.29, 0.717) is 23.9 Å². The number of piperidine rings is 1. The minimum absolute atomic E-state index is 0.0704. The van der Waals surface area contributed by atoms with E-state index in [-0.39, 0.29) is 10.3 Å². The molecule has 2 heterocycles. The summed E-state index contributed by atoms with van der Waals surface area (Å²) >= 11 is 1.01. The van der Waals surface area contributed by atoms with Gasteiger partial charge in [0.1, 0.15) is 15.2 Å². The van der Waals surface area contributed by atoms with Gasteiger partial charge < -0.3 is 4.74 Å². The number of nitriles is 1. The first-order valence-corrected chi connectivity index (χ1v) is 8.27. The molecule has 0 N–H and O–H groups in total. The number of nitrogens with zero attached hydrogens (tertiary/aromatic N) is 2. The highest BCUT2D eigenvalue weighted by molar-refractivity contribution is 7.91. The van der Waals surface area contributed by atoms with Crippen molar-refractivity contribution in [2.75, 3.05) is 20.2 Å². The van der Waals surface area contributed by atoms with E-state index in [1.807, 2.05) is 6.07 Å². The Morgan fingerprint density at radius 3 is 2.84 bits per heavy atom. The van der Waals surface area contributed by atoms with E-state index in [1.54, 1.807) is 7.11 Å². The van der Waals surface area contributed by atoms with Crippen molar-refractivity contribution in [1.82, 2.24) is 4.31 Å². The van der Waals surface area contributed by atoms with E-state index in [9.17, 15) is 8.42 Å². The monoisotopic (exact) mass is 300 g/mol. The highest BCUT2D eigenvalue weighted by Crippen LogP contribution is 2.28. The van der Waals surface area contributed by atoms with Gasteiger partial charge in [0.2, 0.25) is 0 Å². The van der Waals surface area contributed by atoms with Crippen LogP contribution in [0.3, 0.4) is 0 Å². The molecule has 0 radical (unpaired) electrons. The Labute approximate surface area is 117 Å². The highest BCUT2D eigenvalue weighted by atomic mass is 32.2. The lowest BCUT2D eigenvalue weighted by molar-refractivity contribution is 0.0184. The molecule has 1 aromatic heterocycles. The van der Waals surface area contributed by atoms with Crippen molar-refractivity contribution in [2.24, 2.45) is 5.92 Å². The molecule has 0 spiro atoms. The van der Waals surface area contributed by atoms with Crippen LogP contribution in [0.15, 0.2) is 16.3 Å². The predicted octanol–water partition coefficient (Wildman–Crippen LogP) is 1.67. The fourth-order valence-electron chi connectivity index (χ4n) is 2.18. The molecule has 2 unspecified atom stereocenters. The number of sulfonamides is 1. The molecule has 2 atom stereocenters. The van der Waals surface area contributed by atoms with Crippen molar-refractivity contribution in [3.05, 3.63) is 17.0 Å². The number of methoxy groups -OCH3 is 1. The molecule has 1 aromatic rings. The lowest BCUT2D eigenvalue weighted by Gasteiger charge is -2.35. The van der Waals surface area contributed by atoms with Gasteiger partial charge >= 0.3 is 0 Å². The second-order valence-corrected chi connectivity index (χ2v) is 7.88. The van der Waals surface area contributed by atoms with Crippen LogP contribution < -0.4 is 0 Å². The summed E-state index contributed by atoms with van der Waals surface area (Å²) in [4.78, 5) is 0.409. The number of ether oxygens (including phenoxy) is 1. The maximum Gasteiger partial charge on any atom is 0.252 e. The Balaban J connectivity index is 2.23. The Kier molecular flexibility index (Phi) is 4.26. The first-order valence-electron chi connectivity index (χ1n) is 6.02. The van der Waals surface area contributed by atoms with Crippen LogP contribution in [0.25, 0.3) is 0 Å². The Morgan fingerprint density at radius 2 is 2.26 bits per heavy atom. The van der Waals surface area contributed by atoms with Gasteiger partial charge in [0.25, 0.3) is 10.0 Å². The summed E-state index contributed by atoms with van der Waals surface area (Å²) < 4.78 is 31.9. The van der Waals surface area contributed by atoms with Crippen molar-refractivity contribution in [2.45, 2.75) is 23.7 Å². The molecule has 1 fully saturated rings. The van der Waals surface area contributed by atoms with E-state index in [2.05, 4.69) is 6.92 Å². The smallest absolute Gasteiger partial charge is 0.252 e. The van der Waals surface area contributed by atoms with Gasteiger partial charge in [-0.1, -0.05) is 6.92 Å². The Hall–Kier alpha value is -0.940. The second kappa shape index (κ2) is 5.59. The molecule has 0 amide bonds. The molecule has 19 heavy (non-hydrogen) atoms. The van der Waals surface area contributed by atoms with Crippen molar-refractivity contribution < 1.29 is 13.2 Å². The molecule has 0 aromatic carbocycles. The maximum absolute atomic E-state index is 12.5. The lowest BCUT2D eigenvalue weighted by Crippen LogP contribution is -2.46. The van der Waals surface area contributed by atoms with Crippen LogP contribution in [0.4, 0.5) is 0 Å². The molecule has 0 aliphatic carbocycles. The van der Waals surface area contributed by atoms with Crippen molar-refractivity contribution in [1.29, 1.82) is 5.26 Å². The molecule has 1 aliphatic rings. The van der Waals surface area contributed by atoms with Crippen LogP contribution in [-0.2, 0) is 14.8 Å². The minimum atomic E-state index is -3.50. The van der Waals surface area contributed by atoms with Gasteiger partial charge in [-0.15, -0.1) is 11.3 Å². The second-order valence-electron chi connectivity index (χ2n) is 4.63. The van der Waals surface area contributed by atoms with Crippen LogP contribution in [0.5, 0.6) is 0 Å². The maximum atomic E-state index is 12.5. The third-order valence-electron chi connectivity index (χ3n) is 3.44. The van der Waals surface area contributed by atoms with E-state index in [0.717, 1.165) is 17.8 Å². The van der Waals surface area contributed by atoms with Gasteiger partial charge in [0.05, 0.1) is 6.10 Å². The summed E-state index contributed by atoms with van der Waals surface area (Å²) in [5.74, 6) is 0.356. The van der Waals surface area contributed by atoms with Gasteiger partial charge in [0, 0.05) is 20.2 Å². The average molecular weight is 300 g/mol. The number of thiophene rings is 1. The minimum Gasteiger partial charge on any atom is -0.380 e. The fourth-order valence-corrected chi connectivity index (χ4v) is 4.90. The number of hydrogen-bond donors (Lipinski definition) is 0. The number of rotatable bonds is 3. The largest absolute Gasteiger partial charge is 0.380 e. The number of hydrogen-bond acceptors (Lipinski definition) is 5. The fraction of sp³-hybridized carbons (Fsp3) is 0.583. The van der Waals surface area contributed by atoms with E-state index in [1.165, 1.54) is 16.4 Å². The van der Waals surface area contributed by atoms with Crippen LogP contribution in [0.2, 0.25) is 0 Å². The Bertz CT molecular complexity index is 588. The zero-order valence-electron chi connectivity index (χ0n) is 10.9. The summed E-state index contributed by atoms with van der Waals surface area (Å²) in [6, 6.07) is 5.00. The third-order valence-corrected chi connectivity index (χ3v) is 6.76. The standard InChI is InChI=1S/C12H16N2O3S2/c1-9-5-6-14(8-11(9)17-2)19(15,16)12-4-3-10(7-13)18-12/h3-4,9,11H,5-6,8H2,1-2H3. The highest BCUT2D eigenvalue weighted by Gasteiger charge is 2.34. The van der Waals surface area contributed by atoms with Gasteiger partial charge in [0.15, 0.2) is 0 Å². The van der Waals surface area contributed by atoms with Crippen molar-refractivity contribution >= 4 is 21.4 Å². The van der Waals surface area contributed by atoms with Gasteiger partial charge in [-0.25, -0.2) is 8.42 Å². The molecule has 2 rings (SSSR count). The van der Waals surface area contributed by atoms with Gasteiger partial charge in [-0.2, -0.15) is 9.57 Å². The molecular formula is C12H16N2O3S2. The zero-order chi connectivity index (χ0) is 14.0. The van der Waals surface area contributed by atoms with E-state index >= 15 is 0 Å². The topological polar surface area (TPSA) is 70.4 Å². The normalized spacial score (nSPS) is 25.1. The molecule has 7 heteroatoms. The van der Waals surface area contributed by atoms with Gasteiger partial charge in [-0.3, -0.25) is 0 Å². The lowest BCUT2D eigenvalue weighted by atomic mass is 9.97. The molecule has 5 nitrogen and oxygen atoms in total. The first-order chi connectivity index (χ1) is 8.98. The summed E-state index contributed by atoms with van der Waals surface area (Å²) in [5, 5.41) is 8.77. The molecule has 0 saturated carbocycles. The summed E-state index contributed by atoms with van der Waals surface area (Å²) in [5.41, 5.74) is 0. The van der Waals surface area contributed by atoms with Crippen molar-refractivity contribution in [3.63, 3.8) is 0 Å². The Morgan fingerprint density at radius 1 is 1.53 bits per heavy atom. The van der Waals surface area contributed by atoms with E-state index in [4.69, 9.17) is 10.00 Å². The third kappa shape index (κ3) is 2.82. The summed E-state index contributed by atoms with van der Waals surface area (Å²) in [7, 11) is -1.89. The molecule has 1 saturated heterocycles. The van der Waals surface area contributed by atoms with Crippen LogP contribution in [-0.4, -0.2) is 39.0 Å². The molecule has 1 aliphatic heterocycles. The zero-order valence-corrected chi connectivity index (χ0v) is 12.5. The van der Waals surface area contributed by atoms with Crippen molar-refractivity contribution in [3.8, 4) is 6.07 Å². The van der Waals surface area contributed by atoms with Crippen LogP contribution in [0.1, 0.15) is 18.2 Å². The summed E-state index contributed by atoms with van der Waals surface area (Å²) in [6.45, 7) is 2.94. The molecule has 104 valence electrons. The first kappa shape index (κ1) is 14.5. The summed E-state index contributed by atoms with van der Waals surface area (Å²) in [6.07, 6.45) is 0.715. The predicted molar refractivity (Wildman–Crippen MR) is 72.4 cm³/mol. The molecular weight excluding hydrogens is 284 g/mol. The quantitative estimate of drug-likeness (QED) is 0.851. The van der Waals surface area contributed by atoms with Crippen LogP contribution >= 0.6 is 11.3 Å². The van der Waals surface area contributed by atoms with E-state index < -0.39 is 10.0 Å². The molecule has 0 bridgehead atoms. The van der Waals surface area contributed by atoms with Crippen LogP contribution in [0, 0.1) is 17.2 Å². The average Bonchev–Trinajstić information content (AvgIpc) is 2.88. The van der Waals surface area contributed by atoms with Gasteiger partial charge in [-0.05, 0) is 24.5 Å². The SMILES string of the molecule is COC1CN(S(=O)(=O)c2ccc(C#N)s2)CCC1C.